The molecule has 0 saturated carbocycles. The van der Waals surface area contributed by atoms with Crippen molar-refractivity contribution in [2.75, 3.05) is 13.1 Å². The van der Waals surface area contributed by atoms with Crippen LogP contribution >= 0.6 is 23.2 Å². The number of pyridine rings is 1. The van der Waals surface area contributed by atoms with Gasteiger partial charge in [-0.05, 0) is 19.0 Å². The summed E-state index contributed by atoms with van der Waals surface area (Å²) in [6, 6.07) is 1.75. The molecule has 1 aliphatic heterocycles. The molecule has 1 aliphatic rings. The van der Waals surface area contributed by atoms with Crippen LogP contribution < -0.4 is 5.32 Å². The zero-order chi connectivity index (χ0) is 9.26. The second kappa shape index (κ2) is 3.82. The van der Waals surface area contributed by atoms with Crippen molar-refractivity contribution in [2.24, 2.45) is 0 Å². The van der Waals surface area contributed by atoms with Gasteiger partial charge in [-0.15, -0.1) is 0 Å². The Bertz CT molecular complexity index is 308. The normalized spacial score (nSPS) is 22.2. The molecule has 2 rings (SSSR count). The number of rotatable bonds is 1. The van der Waals surface area contributed by atoms with Gasteiger partial charge in [0.2, 0.25) is 0 Å². The Kier molecular flexibility index (Phi) is 2.72. The second-order valence-electron chi connectivity index (χ2n) is 3.21. The minimum absolute atomic E-state index is 0.449. The standard InChI is InChI=1S/C9H10Cl2N2/c10-7-3-8(11)9(13-5-7)6-1-2-12-4-6/h3,5-6,12H,1-2,4H2. The number of halogens is 2. The molecule has 0 radical (unpaired) electrons. The van der Waals surface area contributed by atoms with Crippen LogP contribution in [0, 0.1) is 0 Å². The summed E-state index contributed by atoms with van der Waals surface area (Å²) in [5, 5.41) is 4.56. The highest BCUT2D eigenvalue weighted by atomic mass is 35.5. The maximum atomic E-state index is 6.03. The Morgan fingerprint density at radius 1 is 1.46 bits per heavy atom. The molecule has 13 heavy (non-hydrogen) atoms. The Labute approximate surface area is 87.3 Å². The van der Waals surface area contributed by atoms with Crippen LogP contribution in [-0.2, 0) is 0 Å². The summed E-state index contributed by atoms with van der Waals surface area (Å²) >= 11 is 11.8. The van der Waals surface area contributed by atoms with Crippen molar-refractivity contribution in [3.63, 3.8) is 0 Å². The first-order valence-corrected chi connectivity index (χ1v) is 5.04. The van der Waals surface area contributed by atoms with Crippen molar-refractivity contribution in [3.05, 3.63) is 28.0 Å². The number of hydrogen-bond donors (Lipinski definition) is 1. The monoisotopic (exact) mass is 216 g/mol. The molecule has 1 aromatic rings. The van der Waals surface area contributed by atoms with Gasteiger partial charge in [0.25, 0.3) is 0 Å². The van der Waals surface area contributed by atoms with E-state index >= 15 is 0 Å². The fraction of sp³-hybridized carbons (Fsp3) is 0.444. The molecule has 0 bridgehead atoms. The Morgan fingerprint density at radius 2 is 2.31 bits per heavy atom. The summed E-state index contributed by atoms with van der Waals surface area (Å²) in [5.74, 6) is 0.449. The van der Waals surface area contributed by atoms with E-state index in [1.54, 1.807) is 12.3 Å². The molecule has 0 aromatic carbocycles. The van der Waals surface area contributed by atoms with Gasteiger partial charge in [-0.2, -0.15) is 0 Å². The van der Waals surface area contributed by atoms with Crippen LogP contribution in [0.1, 0.15) is 18.0 Å². The largest absolute Gasteiger partial charge is 0.316 e. The maximum absolute atomic E-state index is 6.03. The van der Waals surface area contributed by atoms with E-state index in [2.05, 4.69) is 10.3 Å². The van der Waals surface area contributed by atoms with E-state index in [1.807, 2.05) is 0 Å². The summed E-state index contributed by atoms with van der Waals surface area (Å²) in [6.45, 7) is 2.01. The van der Waals surface area contributed by atoms with Gasteiger partial charge in [0.1, 0.15) is 0 Å². The maximum Gasteiger partial charge on any atom is 0.0639 e. The molecule has 2 heterocycles. The predicted molar refractivity (Wildman–Crippen MR) is 54.5 cm³/mol. The molecule has 4 heteroatoms. The minimum Gasteiger partial charge on any atom is -0.316 e. The van der Waals surface area contributed by atoms with E-state index in [0.717, 1.165) is 25.2 Å². The van der Waals surface area contributed by atoms with Crippen LogP contribution in [0.3, 0.4) is 0 Å². The van der Waals surface area contributed by atoms with Crippen LogP contribution in [0.2, 0.25) is 10.0 Å². The molecule has 0 aliphatic carbocycles. The number of nitrogens with zero attached hydrogens (tertiary/aromatic N) is 1. The first kappa shape index (κ1) is 9.25. The Balaban J connectivity index is 2.29. The molecule has 1 aromatic heterocycles. The van der Waals surface area contributed by atoms with Crippen LogP contribution in [0.15, 0.2) is 12.3 Å². The van der Waals surface area contributed by atoms with Crippen molar-refractivity contribution in [1.82, 2.24) is 10.3 Å². The van der Waals surface area contributed by atoms with E-state index < -0.39 is 0 Å². The molecule has 1 saturated heterocycles. The molecule has 1 N–H and O–H groups in total. The van der Waals surface area contributed by atoms with Crippen LogP contribution in [0.25, 0.3) is 0 Å². The molecule has 0 amide bonds. The molecule has 1 atom stereocenters. The lowest BCUT2D eigenvalue weighted by atomic mass is 10.0. The van der Waals surface area contributed by atoms with Gasteiger partial charge in [0.05, 0.1) is 15.7 Å². The molecule has 1 fully saturated rings. The molecule has 70 valence electrons. The zero-order valence-corrected chi connectivity index (χ0v) is 8.57. The average Bonchev–Trinajstić information content (AvgIpc) is 2.56. The zero-order valence-electron chi connectivity index (χ0n) is 7.06. The lowest BCUT2D eigenvalue weighted by molar-refractivity contribution is 0.735. The molecule has 1 unspecified atom stereocenters. The van der Waals surface area contributed by atoms with Gasteiger partial charge in [0, 0.05) is 18.7 Å². The van der Waals surface area contributed by atoms with Crippen molar-refractivity contribution in [1.29, 1.82) is 0 Å². The number of hydrogen-bond acceptors (Lipinski definition) is 2. The third-order valence-electron chi connectivity index (χ3n) is 2.28. The van der Waals surface area contributed by atoms with E-state index in [9.17, 15) is 0 Å². The minimum atomic E-state index is 0.449. The summed E-state index contributed by atoms with van der Waals surface area (Å²) in [4.78, 5) is 4.26. The molecule has 2 nitrogen and oxygen atoms in total. The highest BCUT2D eigenvalue weighted by molar-refractivity contribution is 6.34. The van der Waals surface area contributed by atoms with Gasteiger partial charge < -0.3 is 5.32 Å². The van der Waals surface area contributed by atoms with Crippen molar-refractivity contribution in [2.45, 2.75) is 12.3 Å². The Morgan fingerprint density at radius 3 is 2.92 bits per heavy atom. The van der Waals surface area contributed by atoms with Crippen LogP contribution in [0.5, 0.6) is 0 Å². The topological polar surface area (TPSA) is 24.9 Å². The summed E-state index contributed by atoms with van der Waals surface area (Å²) in [6.07, 6.45) is 2.76. The van der Waals surface area contributed by atoms with E-state index in [-0.39, 0.29) is 0 Å². The third kappa shape index (κ3) is 1.96. The van der Waals surface area contributed by atoms with Gasteiger partial charge >= 0.3 is 0 Å². The quantitative estimate of drug-likeness (QED) is 0.781. The summed E-state index contributed by atoms with van der Waals surface area (Å²) in [5.41, 5.74) is 0.969. The fourth-order valence-electron chi connectivity index (χ4n) is 1.61. The van der Waals surface area contributed by atoms with Gasteiger partial charge in [-0.1, -0.05) is 23.2 Å². The van der Waals surface area contributed by atoms with E-state index in [4.69, 9.17) is 23.2 Å². The second-order valence-corrected chi connectivity index (χ2v) is 4.05. The fourth-order valence-corrected chi connectivity index (χ4v) is 2.15. The SMILES string of the molecule is Clc1cnc(C2CCNC2)c(Cl)c1. The van der Waals surface area contributed by atoms with E-state index in [0.29, 0.717) is 16.0 Å². The first-order valence-electron chi connectivity index (χ1n) is 4.29. The van der Waals surface area contributed by atoms with Gasteiger partial charge in [-0.3, -0.25) is 4.98 Å². The molecular formula is C9H10Cl2N2. The summed E-state index contributed by atoms with van der Waals surface area (Å²) in [7, 11) is 0. The number of nitrogens with one attached hydrogen (secondary N) is 1. The lowest BCUT2D eigenvalue weighted by Crippen LogP contribution is -2.09. The number of aromatic nitrogens is 1. The predicted octanol–water partition coefficient (Wildman–Crippen LogP) is 2.47. The first-order chi connectivity index (χ1) is 6.27. The third-order valence-corrected chi connectivity index (χ3v) is 2.79. The van der Waals surface area contributed by atoms with Crippen LogP contribution in [-0.4, -0.2) is 18.1 Å². The van der Waals surface area contributed by atoms with Gasteiger partial charge in [0.15, 0.2) is 0 Å². The van der Waals surface area contributed by atoms with Crippen LogP contribution in [0.4, 0.5) is 0 Å². The highest BCUT2D eigenvalue weighted by Gasteiger charge is 2.20. The van der Waals surface area contributed by atoms with Gasteiger partial charge in [-0.25, -0.2) is 0 Å². The van der Waals surface area contributed by atoms with Crippen molar-refractivity contribution >= 4 is 23.2 Å². The van der Waals surface area contributed by atoms with E-state index in [1.165, 1.54) is 0 Å². The van der Waals surface area contributed by atoms with Crippen molar-refractivity contribution < 1.29 is 0 Å². The molecule has 0 spiro atoms. The highest BCUT2D eigenvalue weighted by Crippen LogP contribution is 2.28. The smallest absolute Gasteiger partial charge is 0.0639 e. The van der Waals surface area contributed by atoms with Crippen molar-refractivity contribution in [3.8, 4) is 0 Å². The Hall–Kier alpha value is -0.310. The average molecular weight is 217 g/mol. The molecular weight excluding hydrogens is 207 g/mol. The summed E-state index contributed by atoms with van der Waals surface area (Å²) < 4.78 is 0. The lowest BCUT2D eigenvalue weighted by Gasteiger charge is -2.09.